The summed E-state index contributed by atoms with van der Waals surface area (Å²) in [4.78, 5) is 59.5. The van der Waals surface area contributed by atoms with Gasteiger partial charge in [0, 0.05) is 76.1 Å². The van der Waals surface area contributed by atoms with Crippen LogP contribution in [0.2, 0.25) is 0 Å². The first kappa shape index (κ1) is 47.0. The van der Waals surface area contributed by atoms with Crippen LogP contribution in [0.4, 0.5) is 17.1 Å². The lowest BCUT2D eigenvalue weighted by Crippen LogP contribution is -2.35. The van der Waals surface area contributed by atoms with Crippen LogP contribution in [0.25, 0.3) is 23.3 Å². The van der Waals surface area contributed by atoms with Gasteiger partial charge in [0.1, 0.15) is 11.4 Å². The van der Waals surface area contributed by atoms with Gasteiger partial charge in [-0.15, -0.1) is 0 Å². The number of hydrogen-bond donors (Lipinski definition) is 7. The second kappa shape index (κ2) is 19.3. The number of carbonyl (C=O) groups excluding carboxylic acids is 4. The highest BCUT2D eigenvalue weighted by Gasteiger charge is 2.28. The predicted octanol–water partition coefficient (Wildman–Crippen LogP) is 8.85. The Morgan fingerprint density at radius 1 is 0.694 bits per heavy atom. The fourth-order valence-corrected chi connectivity index (χ4v) is 7.66. The van der Waals surface area contributed by atoms with E-state index in [-0.39, 0.29) is 34.8 Å². The summed E-state index contributed by atoms with van der Waals surface area (Å²) in [5.41, 5.74) is 10.9. The molecule has 7 N–H and O–H groups in total. The molecule has 4 amide bonds. The number of H-pyrrole nitrogens is 2. The zero-order valence-electron chi connectivity index (χ0n) is 38.8. The van der Waals surface area contributed by atoms with Crippen molar-refractivity contribution in [3.8, 4) is 5.75 Å². The van der Waals surface area contributed by atoms with E-state index in [1.165, 1.54) is 0 Å². The van der Waals surface area contributed by atoms with E-state index in [1.807, 2.05) is 104 Å². The number of fused-ring (bicyclic) bond motifs is 2. The van der Waals surface area contributed by atoms with Crippen molar-refractivity contribution in [2.45, 2.75) is 108 Å². The first-order valence-electron chi connectivity index (χ1n) is 21.6. The third kappa shape index (κ3) is 11.2. The summed E-state index contributed by atoms with van der Waals surface area (Å²) in [6, 6.07) is 11.5. The molecule has 0 saturated carbocycles. The largest absolute Gasteiger partial charge is 0.488 e. The van der Waals surface area contributed by atoms with Gasteiger partial charge >= 0.3 is 0 Å². The van der Waals surface area contributed by atoms with E-state index >= 15 is 0 Å². The number of likely N-dealkylation sites (N-methyl/N-ethyl adjacent to an activating group) is 1. The van der Waals surface area contributed by atoms with E-state index in [1.54, 1.807) is 0 Å². The Bertz CT molecular complexity index is 2400. The lowest BCUT2D eigenvalue weighted by molar-refractivity contribution is -0.111. The van der Waals surface area contributed by atoms with E-state index in [0.717, 1.165) is 88.1 Å². The van der Waals surface area contributed by atoms with Gasteiger partial charge in [-0.2, -0.15) is 0 Å². The first-order chi connectivity index (χ1) is 29.1. The summed E-state index contributed by atoms with van der Waals surface area (Å²) in [6.45, 7) is 30.0. The summed E-state index contributed by atoms with van der Waals surface area (Å²) in [5, 5.41) is 15.2. The van der Waals surface area contributed by atoms with Crippen LogP contribution in [0.15, 0.2) is 36.4 Å². The molecule has 332 valence electrons. The smallest absolute Gasteiger partial charge is 0.256 e. The van der Waals surface area contributed by atoms with E-state index in [0.29, 0.717) is 41.1 Å². The average Bonchev–Trinajstić information content (AvgIpc) is 3.86. The van der Waals surface area contributed by atoms with Crippen molar-refractivity contribution in [2.75, 3.05) is 48.7 Å². The van der Waals surface area contributed by atoms with E-state index in [4.69, 9.17) is 4.74 Å². The number of amides is 4. The van der Waals surface area contributed by atoms with Gasteiger partial charge in [-0.3, -0.25) is 19.2 Å². The van der Waals surface area contributed by atoms with Crippen LogP contribution in [0.1, 0.15) is 134 Å². The minimum Gasteiger partial charge on any atom is -0.488 e. The van der Waals surface area contributed by atoms with Crippen LogP contribution in [0, 0.1) is 27.7 Å². The molecule has 0 aliphatic carbocycles. The summed E-state index contributed by atoms with van der Waals surface area (Å²) in [5.74, 6) is 0.202. The van der Waals surface area contributed by atoms with Gasteiger partial charge < -0.3 is 46.2 Å². The van der Waals surface area contributed by atoms with Crippen LogP contribution < -0.4 is 31.3 Å². The minimum absolute atomic E-state index is 0.0813. The monoisotopic (exact) mass is 847 g/mol. The fourth-order valence-electron chi connectivity index (χ4n) is 7.66. The number of ether oxygens (including phenoxy) is 1. The van der Waals surface area contributed by atoms with Crippen molar-refractivity contribution >= 4 is 64.0 Å². The molecule has 6 rings (SSSR count). The molecule has 0 atom stereocenters. The highest BCUT2D eigenvalue weighted by molar-refractivity contribution is 6.35. The minimum atomic E-state index is -0.338. The van der Waals surface area contributed by atoms with Gasteiger partial charge in [-0.1, -0.05) is 20.8 Å². The van der Waals surface area contributed by atoms with Crippen LogP contribution in [0.3, 0.4) is 0 Å². The molecule has 13 nitrogen and oxygen atoms in total. The Labute approximate surface area is 366 Å². The molecule has 62 heavy (non-hydrogen) atoms. The third-order valence-corrected chi connectivity index (χ3v) is 10.6. The van der Waals surface area contributed by atoms with Crippen LogP contribution in [0.5, 0.6) is 5.75 Å². The molecule has 13 heteroatoms. The van der Waals surface area contributed by atoms with Gasteiger partial charge in [-0.05, 0) is 148 Å². The average molecular weight is 847 g/mol. The number of nitrogens with zero attached hydrogens (tertiary/aromatic N) is 1. The van der Waals surface area contributed by atoms with Gasteiger partial charge in [0.05, 0.1) is 22.3 Å². The maximum Gasteiger partial charge on any atom is 0.256 e. The van der Waals surface area contributed by atoms with Crippen LogP contribution in [-0.2, 0) is 9.59 Å². The molecule has 0 bridgehead atoms. The summed E-state index contributed by atoms with van der Waals surface area (Å²) in [7, 11) is 0. The van der Waals surface area contributed by atoms with Crippen molar-refractivity contribution in [3.63, 3.8) is 0 Å². The maximum atomic E-state index is 12.9. The van der Waals surface area contributed by atoms with Crippen LogP contribution >= 0.6 is 0 Å². The van der Waals surface area contributed by atoms with Crippen molar-refractivity contribution in [1.29, 1.82) is 0 Å². The van der Waals surface area contributed by atoms with Crippen molar-refractivity contribution in [1.82, 2.24) is 25.5 Å². The fraction of sp³-hybridized carbons (Fsp3) is 0.429. The Morgan fingerprint density at radius 2 is 1.18 bits per heavy atom. The van der Waals surface area contributed by atoms with E-state index in [2.05, 4.69) is 76.1 Å². The van der Waals surface area contributed by atoms with Crippen LogP contribution in [-0.4, -0.2) is 82.4 Å². The number of anilines is 3. The standard InChI is InChI=1S/C26H36N4O3.C23H30N4O2/c1-8-30(9-2)13-12-27-25(32)23-16(3)22(28-17(23)4)15-20-19-14-18(33-26(5,6)7)10-11-21(19)29-24(20)31;1-7-10-24-22(29)20-13(2)19(25-14(20)3)12-17-16-11-15(27-23(4,5)6)8-9-18(16)26-21(17)28/h10-11,14-15,28H,8-9,12-13H2,1-7H3,(H,27,32)(H,29,31);8-9,11-12,25,27H,7,10H2,1-6H3,(H,24,29)(H,26,28)/b20-15-;17-12-. The normalized spacial score (nSPS) is 14.6. The maximum absolute atomic E-state index is 12.9. The highest BCUT2D eigenvalue weighted by atomic mass is 16.5. The number of hydrogen-bond acceptors (Lipinski definition) is 7. The Balaban J connectivity index is 0.000000236. The van der Waals surface area contributed by atoms with E-state index in [9.17, 15) is 19.2 Å². The van der Waals surface area contributed by atoms with Gasteiger partial charge in [-0.25, -0.2) is 0 Å². The number of aromatic amines is 2. The Morgan fingerprint density at radius 3 is 1.65 bits per heavy atom. The molecular formula is C49H66N8O5. The zero-order chi connectivity index (χ0) is 45.7. The molecule has 0 spiro atoms. The molecule has 4 aromatic rings. The molecule has 0 radical (unpaired) electrons. The lowest BCUT2D eigenvalue weighted by Gasteiger charge is -2.22. The number of aryl methyl sites for hydroxylation is 2. The molecule has 2 aromatic carbocycles. The highest BCUT2D eigenvalue weighted by Crippen LogP contribution is 2.38. The lowest BCUT2D eigenvalue weighted by atomic mass is 10.0. The molecule has 0 saturated heterocycles. The van der Waals surface area contributed by atoms with Gasteiger partial charge in [0.2, 0.25) is 0 Å². The molecular weight excluding hydrogens is 781 g/mol. The van der Waals surface area contributed by atoms with Crippen molar-refractivity contribution in [3.05, 3.63) is 92.6 Å². The second-order valence-electron chi connectivity index (χ2n) is 17.9. The SMILES string of the molecule is CCCNC(=O)c1c(C)[nH]c(/C=C2\C(=O)Nc3ccc(NC(C)(C)C)cc32)c1C.CCN(CC)CCNC(=O)c1c(C)[nH]c(/C=C2\C(=O)Nc3ccc(OC(C)(C)C)cc32)c1C. The number of aromatic nitrogens is 2. The van der Waals surface area contributed by atoms with Crippen molar-refractivity contribution in [2.24, 2.45) is 0 Å². The topological polar surface area (TPSA) is 172 Å². The zero-order valence-corrected chi connectivity index (χ0v) is 38.8. The Hall–Kier alpha value is -6.08. The summed E-state index contributed by atoms with van der Waals surface area (Å²) in [6.07, 6.45) is 4.53. The Kier molecular flexibility index (Phi) is 14.6. The van der Waals surface area contributed by atoms with Gasteiger partial charge in [0.15, 0.2) is 0 Å². The number of rotatable bonds is 13. The summed E-state index contributed by atoms with van der Waals surface area (Å²) >= 11 is 0. The third-order valence-electron chi connectivity index (χ3n) is 10.6. The van der Waals surface area contributed by atoms with Crippen molar-refractivity contribution < 1.29 is 23.9 Å². The first-order valence-corrected chi connectivity index (χ1v) is 21.6. The second-order valence-corrected chi connectivity index (χ2v) is 17.9. The molecule has 0 fully saturated rings. The molecule has 0 unspecified atom stereocenters. The summed E-state index contributed by atoms with van der Waals surface area (Å²) < 4.78 is 5.98. The molecule has 2 aromatic heterocycles. The predicted molar refractivity (Wildman–Crippen MR) is 253 cm³/mol. The van der Waals surface area contributed by atoms with Gasteiger partial charge in [0.25, 0.3) is 23.6 Å². The van der Waals surface area contributed by atoms with E-state index < -0.39 is 0 Å². The molecule has 4 heterocycles. The number of benzene rings is 2. The molecule has 2 aliphatic rings. The number of nitrogens with one attached hydrogen (secondary N) is 7. The number of carbonyl (C=O) groups is 4. The quantitative estimate of drug-likeness (QED) is 0.0659. The molecule has 2 aliphatic heterocycles.